The van der Waals surface area contributed by atoms with Crippen LogP contribution in [0.5, 0.6) is 0 Å². The van der Waals surface area contributed by atoms with Crippen LogP contribution in [0.15, 0.2) is 47.5 Å². The number of nitrogens with zero attached hydrogens (tertiary/aromatic N) is 3. The first-order valence-electron chi connectivity index (χ1n) is 9.76. The smallest absolute Gasteiger partial charge is 0.254 e. The number of hydrogen-bond donors (Lipinski definition) is 1. The molecular formula is C23H29F2N3O. The van der Waals surface area contributed by atoms with Crippen LogP contribution in [-0.4, -0.2) is 53.0 Å². The lowest BCUT2D eigenvalue weighted by molar-refractivity contribution is 0.0265. The van der Waals surface area contributed by atoms with Crippen molar-refractivity contribution in [2.75, 3.05) is 14.1 Å². The molecule has 2 aromatic rings. The van der Waals surface area contributed by atoms with Crippen LogP contribution in [0.1, 0.15) is 23.7 Å². The molecule has 0 saturated carbocycles. The fraction of sp³-hybridized carbons (Fsp3) is 0.435. The summed E-state index contributed by atoms with van der Waals surface area (Å²) in [5.41, 5.74) is 3.40. The number of rotatable bonds is 6. The van der Waals surface area contributed by atoms with Gasteiger partial charge in [-0.3, -0.25) is 9.89 Å². The topological polar surface area (TPSA) is 40.8 Å². The number of aliphatic imine (C=N–C) groups is 1. The van der Waals surface area contributed by atoms with Crippen LogP contribution in [0, 0.1) is 6.92 Å². The molecule has 1 N–H and O–H groups in total. The summed E-state index contributed by atoms with van der Waals surface area (Å²) in [6, 6.07) is 5.30. The second kappa shape index (κ2) is 8.20. The van der Waals surface area contributed by atoms with Crippen LogP contribution in [0.4, 0.5) is 8.78 Å². The van der Waals surface area contributed by atoms with E-state index in [9.17, 15) is 13.9 Å². The van der Waals surface area contributed by atoms with Gasteiger partial charge in [0.1, 0.15) is 5.60 Å². The van der Waals surface area contributed by atoms with E-state index in [4.69, 9.17) is 0 Å². The number of aliphatic hydroxyl groups is 1. The number of fused-ring (bicyclic) bond motifs is 3. The second-order valence-electron chi connectivity index (χ2n) is 8.07. The first-order chi connectivity index (χ1) is 13.7. The lowest BCUT2D eigenvalue weighted by Gasteiger charge is -2.34. The van der Waals surface area contributed by atoms with Crippen molar-refractivity contribution in [1.29, 1.82) is 0 Å². The molecule has 2 heterocycles. The van der Waals surface area contributed by atoms with E-state index in [0.29, 0.717) is 12.1 Å². The highest BCUT2D eigenvalue weighted by molar-refractivity contribution is 5.87. The standard InChI is InChI=1S/C23H29F2N3O/c1-6-7-16(12-26-4)23(3,29)14-28-19-9-8-15(2)10-17(19)18-13-27(5)21(22(24)25)11-20(18)28/h6-10,12,21-22,29H,1,11,13-14H2,2-5H3/b16-7+,26-12-. The monoisotopic (exact) mass is 401 g/mol. The molecule has 1 aliphatic rings. The molecule has 2 unspecified atom stereocenters. The van der Waals surface area contributed by atoms with Gasteiger partial charge in [0, 0.05) is 48.4 Å². The largest absolute Gasteiger partial charge is 0.384 e. The maximum absolute atomic E-state index is 13.6. The lowest BCUT2D eigenvalue weighted by Crippen LogP contribution is -2.43. The summed E-state index contributed by atoms with van der Waals surface area (Å²) >= 11 is 0. The molecule has 0 radical (unpaired) electrons. The number of likely N-dealkylation sites (N-methyl/N-ethyl adjacent to an activating group) is 1. The van der Waals surface area contributed by atoms with Crippen molar-refractivity contribution in [3.8, 4) is 0 Å². The third kappa shape index (κ3) is 4.05. The number of aromatic nitrogens is 1. The fourth-order valence-corrected chi connectivity index (χ4v) is 4.21. The number of aryl methyl sites for hydroxylation is 1. The number of halogens is 2. The first kappa shape index (κ1) is 21.4. The molecule has 0 bridgehead atoms. The van der Waals surface area contributed by atoms with Crippen molar-refractivity contribution in [2.24, 2.45) is 4.99 Å². The van der Waals surface area contributed by atoms with Gasteiger partial charge in [0.05, 0.1) is 12.6 Å². The Kier molecular flexibility index (Phi) is 6.05. The van der Waals surface area contributed by atoms with Gasteiger partial charge in [0.25, 0.3) is 6.43 Å². The molecule has 156 valence electrons. The Hall–Kier alpha value is -2.31. The van der Waals surface area contributed by atoms with Gasteiger partial charge in [-0.25, -0.2) is 8.78 Å². The minimum Gasteiger partial charge on any atom is -0.384 e. The quantitative estimate of drug-likeness (QED) is 0.584. The van der Waals surface area contributed by atoms with Crippen molar-refractivity contribution < 1.29 is 13.9 Å². The highest BCUT2D eigenvalue weighted by Gasteiger charge is 2.36. The highest BCUT2D eigenvalue weighted by atomic mass is 19.3. The van der Waals surface area contributed by atoms with Crippen molar-refractivity contribution in [1.82, 2.24) is 9.47 Å². The summed E-state index contributed by atoms with van der Waals surface area (Å²) < 4.78 is 29.3. The Morgan fingerprint density at radius 3 is 2.79 bits per heavy atom. The number of hydrogen-bond acceptors (Lipinski definition) is 3. The molecule has 3 rings (SSSR count). The Balaban J connectivity index is 2.16. The van der Waals surface area contributed by atoms with Crippen LogP contribution < -0.4 is 0 Å². The molecule has 29 heavy (non-hydrogen) atoms. The highest BCUT2D eigenvalue weighted by Crippen LogP contribution is 2.36. The van der Waals surface area contributed by atoms with Gasteiger partial charge in [-0.15, -0.1) is 0 Å². The van der Waals surface area contributed by atoms with Crippen molar-refractivity contribution >= 4 is 17.1 Å². The molecular weight excluding hydrogens is 372 g/mol. The van der Waals surface area contributed by atoms with E-state index < -0.39 is 18.1 Å². The summed E-state index contributed by atoms with van der Waals surface area (Å²) in [4.78, 5) is 5.77. The van der Waals surface area contributed by atoms with Gasteiger partial charge in [-0.1, -0.05) is 30.4 Å². The van der Waals surface area contributed by atoms with Crippen LogP contribution >= 0.6 is 0 Å². The van der Waals surface area contributed by atoms with Crippen LogP contribution in [0.25, 0.3) is 10.9 Å². The molecule has 2 atom stereocenters. The SMILES string of the molecule is C=C/C=C(\C=N/C)C(C)(O)Cn1c2c(c3cc(C)ccc31)CN(C)C(C(F)F)C2. The molecule has 1 aromatic heterocycles. The molecule has 0 aliphatic carbocycles. The zero-order valence-corrected chi connectivity index (χ0v) is 17.5. The van der Waals surface area contributed by atoms with E-state index in [2.05, 4.69) is 17.6 Å². The van der Waals surface area contributed by atoms with Gasteiger partial charge >= 0.3 is 0 Å². The summed E-state index contributed by atoms with van der Waals surface area (Å²) in [5.74, 6) is 0. The number of alkyl halides is 2. The Morgan fingerprint density at radius 1 is 1.45 bits per heavy atom. The predicted octanol–water partition coefficient (Wildman–Crippen LogP) is 4.14. The van der Waals surface area contributed by atoms with Gasteiger partial charge in [0.15, 0.2) is 0 Å². The molecule has 1 aromatic carbocycles. The second-order valence-corrected chi connectivity index (χ2v) is 8.07. The van der Waals surface area contributed by atoms with Crippen LogP contribution in [0.3, 0.4) is 0 Å². The zero-order valence-electron chi connectivity index (χ0n) is 17.5. The molecule has 0 fully saturated rings. The van der Waals surface area contributed by atoms with Crippen LogP contribution in [0.2, 0.25) is 0 Å². The van der Waals surface area contributed by atoms with E-state index in [-0.39, 0.29) is 13.0 Å². The van der Waals surface area contributed by atoms with Gasteiger partial charge in [0.2, 0.25) is 0 Å². The van der Waals surface area contributed by atoms with Crippen molar-refractivity contribution in [2.45, 2.75) is 51.4 Å². The van der Waals surface area contributed by atoms with Gasteiger partial charge in [-0.2, -0.15) is 0 Å². The van der Waals surface area contributed by atoms with E-state index >= 15 is 0 Å². The minimum atomic E-state index is -2.43. The average molecular weight is 402 g/mol. The summed E-state index contributed by atoms with van der Waals surface area (Å²) in [5, 5.41) is 12.3. The van der Waals surface area contributed by atoms with Crippen LogP contribution in [-0.2, 0) is 19.5 Å². The summed E-state index contributed by atoms with van der Waals surface area (Å²) in [7, 11) is 3.39. The fourth-order valence-electron chi connectivity index (χ4n) is 4.21. The number of benzene rings is 1. The van der Waals surface area contributed by atoms with Gasteiger partial charge in [-0.05, 0) is 38.6 Å². The predicted molar refractivity (Wildman–Crippen MR) is 115 cm³/mol. The Morgan fingerprint density at radius 2 is 2.17 bits per heavy atom. The minimum absolute atomic E-state index is 0.243. The Labute approximate surface area is 170 Å². The molecule has 0 saturated heterocycles. The summed E-state index contributed by atoms with van der Waals surface area (Å²) in [6.07, 6.45) is 2.77. The van der Waals surface area contributed by atoms with Crippen molar-refractivity contribution in [3.63, 3.8) is 0 Å². The lowest BCUT2D eigenvalue weighted by atomic mass is 9.95. The maximum Gasteiger partial charge on any atom is 0.254 e. The third-order valence-electron chi connectivity index (χ3n) is 5.76. The zero-order chi connectivity index (χ0) is 21.3. The first-order valence-corrected chi connectivity index (χ1v) is 9.76. The molecule has 6 heteroatoms. The van der Waals surface area contributed by atoms with E-state index in [1.807, 2.05) is 23.6 Å². The van der Waals surface area contributed by atoms with E-state index in [1.165, 1.54) is 0 Å². The third-order valence-corrected chi connectivity index (χ3v) is 5.76. The Bertz CT molecular complexity index is 972. The molecule has 0 spiro atoms. The summed E-state index contributed by atoms with van der Waals surface area (Å²) in [6.45, 7) is 8.17. The average Bonchev–Trinajstić information content (AvgIpc) is 2.92. The van der Waals surface area contributed by atoms with E-state index in [0.717, 1.165) is 27.7 Å². The normalized spacial score (nSPS) is 20.4. The maximum atomic E-state index is 13.6. The molecule has 0 amide bonds. The number of allylic oxidation sites excluding steroid dienone is 2. The molecule has 1 aliphatic heterocycles. The van der Waals surface area contributed by atoms with Crippen molar-refractivity contribution in [3.05, 3.63) is 59.3 Å². The molecule has 4 nitrogen and oxygen atoms in total. The van der Waals surface area contributed by atoms with E-state index in [1.54, 1.807) is 44.3 Å². The van der Waals surface area contributed by atoms with Gasteiger partial charge < -0.3 is 9.67 Å².